The summed E-state index contributed by atoms with van der Waals surface area (Å²) >= 11 is 0. The molecule has 0 fully saturated rings. The van der Waals surface area contributed by atoms with Gasteiger partial charge < -0.3 is 16.0 Å². The van der Waals surface area contributed by atoms with Crippen LogP contribution in [-0.2, 0) is 0 Å². The van der Waals surface area contributed by atoms with Gasteiger partial charge in [-0.15, -0.1) is 0 Å². The fourth-order valence-corrected chi connectivity index (χ4v) is 1.50. The lowest BCUT2D eigenvalue weighted by atomic mass is 10.2. The number of rotatable bonds is 3. The quantitative estimate of drug-likeness (QED) is 0.723. The highest BCUT2D eigenvalue weighted by Crippen LogP contribution is 2.16. The molecule has 1 aromatic carbocycles. The normalized spacial score (nSPS) is 10.6. The first-order valence-corrected chi connectivity index (χ1v) is 4.97. The van der Waals surface area contributed by atoms with Crippen molar-refractivity contribution in [3.63, 3.8) is 0 Å². The van der Waals surface area contributed by atoms with Gasteiger partial charge in [0.1, 0.15) is 11.5 Å². The van der Waals surface area contributed by atoms with E-state index in [-0.39, 0.29) is 11.7 Å². The Kier molecular flexibility index (Phi) is 2.87. The zero-order chi connectivity index (χ0) is 11.5. The van der Waals surface area contributed by atoms with E-state index in [1.54, 1.807) is 12.1 Å². The third kappa shape index (κ3) is 2.04. The Morgan fingerprint density at radius 2 is 2.25 bits per heavy atom. The fraction of sp³-hybridized carbons (Fsp3) is 0.182. The number of carbonyl (C=O) groups is 1. The average Bonchev–Trinajstić information content (AvgIpc) is 2.68. The minimum atomic E-state index is -0.330. The van der Waals surface area contributed by atoms with Crippen molar-refractivity contribution in [2.75, 3.05) is 13.1 Å². The molecule has 0 spiro atoms. The number of aromatic amines is 1. The Hall–Kier alpha value is -1.88. The number of carbonyl (C=O) groups excluding carboxylic acids is 1. The van der Waals surface area contributed by atoms with Crippen LogP contribution in [0.15, 0.2) is 24.3 Å². The molecule has 2 aromatic rings. The van der Waals surface area contributed by atoms with Crippen molar-refractivity contribution in [1.82, 2.24) is 10.3 Å². The van der Waals surface area contributed by atoms with Gasteiger partial charge in [-0.3, -0.25) is 4.79 Å². The number of hydrogen-bond acceptors (Lipinski definition) is 2. The first-order chi connectivity index (χ1) is 7.70. The number of amides is 1. The molecule has 4 nitrogen and oxygen atoms in total. The van der Waals surface area contributed by atoms with E-state index >= 15 is 0 Å². The molecule has 84 valence electrons. The van der Waals surface area contributed by atoms with Gasteiger partial charge in [0.2, 0.25) is 0 Å². The van der Waals surface area contributed by atoms with Crippen molar-refractivity contribution in [3.8, 4) is 0 Å². The molecule has 5 heteroatoms. The van der Waals surface area contributed by atoms with E-state index < -0.39 is 0 Å². The van der Waals surface area contributed by atoms with Crippen LogP contribution in [0.2, 0.25) is 0 Å². The van der Waals surface area contributed by atoms with E-state index in [1.807, 2.05) is 0 Å². The van der Waals surface area contributed by atoms with Crippen LogP contribution >= 0.6 is 0 Å². The van der Waals surface area contributed by atoms with E-state index in [0.29, 0.717) is 24.3 Å². The topological polar surface area (TPSA) is 70.9 Å². The Morgan fingerprint density at radius 1 is 1.44 bits per heavy atom. The van der Waals surface area contributed by atoms with Gasteiger partial charge in [-0.05, 0) is 24.3 Å². The molecule has 0 atom stereocenters. The number of fused-ring (bicyclic) bond motifs is 1. The second-order valence-corrected chi connectivity index (χ2v) is 3.46. The van der Waals surface area contributed by atoms with Gasteiger partial charge in [0, 0.05) is 24.0 Å². The molecule has 1 heterocycles. The maximum absolute atomic E-state index is 12.9. The third-order valence-corrected chi connectivity index (χ3v) is 2.26. The minimum Gasteiger partial charge on any atom is -0.350 e. The van der Waals surface area contributed by atoms with Gasteiger partial charge >= 0.3 is 0 Å². The number of nitrogens with one attached hydrogen (secondary N) is 2. The molecule has 0 bridgehead atoms. The van der Waals surface area contributed by atoms with Crippen LogP contribution in [-0.4, -0.2) is 24.0 Å². The third-order valence-electron chi connectivity index (χ3n) is 2.26. The number of H-pyrrole nitrogens is 1. The Balaban J connectivity index is 2.28. The van der Waals surface area contributed by atoms with Crippen molar-refractivity contribution in [1.29, 1.82) is 0 Å². The second kappa shape index (κ2) is 4.32. The van der Waals surface area contributed by atoms with E-state index in [9.17, 15) is 9.18 Å². The van der Waals surface area contributed by atoms with Crippen LogP contribution in [0.3, 0.4) is 0 Å². The second-order valence-electron chi connectivity index (χ2n) is 3.46. The fourth-order valence-electron chi connectivity index (χ4n) is 1.50. The standard InChI is InChI=1S/C11H12FN3O/c12-8-2-1-7-5-10(15-9(7)6-8)11(16)14-4-3-13/h1-2,5-6,15H,3-4,13H2,(H,14,16). The highest BCUT2D eigenvalue weighted by molar-refractivity contribution is 5.97. The lowest BCUT2D eigenvalue weighted by Crippen LogP contribution is -2.29. The molecule has 0 saturated carbocycles. The summed E-state index contributed by atoms with van der Waals surface area (Å²) in [5, 5.41) is 3.44. The number of benzene rings is 1. The maximum Gasteiger partial charge on any atom is 0.267 e. The van der Waals surface area contributed by atoms with Gasteiger partial charge in [0.15, 0.2) is 0 Å². The summed E-state index contributed by atoms with van der Waals surface area (Å²) in [6.45, 7) is 0.809. The number of nitrogens with two attached hydrogens (primary N) is 1. The molecule has 0 saturated heterocycles. The smallest absolute Gasteiger partial charge is 0.267 e. The Morgan fingerprint density at radius 3 is 3.00 bits per heavy atom. The maximum atomic E-state index is 12.9. The van der Waals surface area contributed by atoms with E-state index in [2.05, 4.69) is 10.3 Å². The summed E-state index contributed by atoms with van der Waals surface area (Å²) in [5.41, 5.74) is 6.30. The van der Waals surface area contributed by atoms with E-state index in [4.69, 9.17) is 5.73 Å². The van der Waals surface area contributed by atoms with Crippen LogP contribution in [0, 0.1) is 5.82 Å². The zero-order valence-corrected chi connectivity index (χ0v) is 8.59. The Bertz CT molecular complexity index is 521. The van der Waals surface area contributed by atoms with Crippen molar-refractivity contribution in [2.24, 2.45) is 5.73 Å². The van der Waals surface area contributed by atoms with Gasteiger partial charge in [-0.1, -0.05) is 0 Å². The van der Waals surface area contributed by atoms with E-state index in [1.165, 1.54) is 12.1 Å². The molecule has 0 aliphatic heterocycles. The summed E-state index contributed by atoms with van der Waals surface area (Å²) in [6, 6.07) is 6.02. The largest absolute Gasteiger partial charge is 0.350 e. The van der Waals surface area contributed by atoms with Gasteiger partial charge in [-0.25, -0.2) is 4.39 Å². The first kappa shape index (κ1) is 10.6. The molecule has 0 aliphatic rings. The molecule has 4 N–H and O–H groups in total. The SMILES string of the molecule is NCCNC(=O)c1cc2ccc(F)cc2[nH]1. The highest BCUT2D eigenvalue weighted by Gasteiger charge is 2.08. The van der Waals surface area contributed by atoms with Crippen molar-refractivity contribution in [3.05, 3.63) is 35.8 Å². The lowest BCUT2D eigenvalue weighted by Gasteiger charge is -1.99. The molecule has 2 rings (SSSR count). The van der Waals surface area contributed by atoms with Crippen molar-refractivity contribution in [2.45, 2.75) is 0 Å². The molecule has 1 amide bonds. The molecule has 0 radical (unpaired) electrons. The van der Waals surface area contributed by atoms with E-state index in [0.717, 1.165) is 5.39 Å². The predicted octanol–water partition coefficient (Wildman–Crippen LogP) is 0.996. The molecular formula is C11H12FN3O. The number of aromatic nitrogens is 1. The van der Waals surface area contributed by atoms with Gasteiger partial charge in [0.05, 0.1) is 0 Å². The minimum absolute atomic E-state index is 0.234. The highest BCUT2D eigenvalue weighted by atomic mass is 19.1. The first-order valence-electron chi connectivity index (χ1n) is 4.97. The molecule has 16 heavy (non-hydrogen) atoms. The summed E-state index contributed by atoms with van der Waals surface area (Å²) in [4.78, 5) is 14.4. The summed E-state index contributed by atoms with van der Waals surface area (Å²) in [5.74, 6) is -0.565. The van der Waals surface area contributed by atoms with Crippen molar-refractivity contribution < 1.29 is 9.18 Å². The van der Waals surface area contributed by atoms with Crippen LogP contribution in [0.4, 0.5) is 4.39 Å². The molecule has 1 aromatic heterocycles. The van der Waals surface area contributed by atoms with Crippen LogP contribution in [0.1, 0.15) is 10.5 Å². The lowest BCUT2D eigenvalue weighted by molar-refractivity contribution is 0.0950. The summed E-state index contributed by atoms with van der Waals surface area (Å²) in [7, 11) is 0. The average molecular weight is 221 g/mol. The zero-order valence-electron chi connectivity index (χ0n) is 8.59. The van der Waals surface area contributed by atoms with Crippen molar-refractivity contribution >= 4 is 16.8 Å². The monoisotopic (exact) mass is 221 g/mol. The molecule has 0 aliphatic carbocycles. The summed E-state index contributed by atoms with van der Waals surface area (Å²) < 4.78 is 12.9. The van der Waals surface area contributed by atoms with Gasteiger partial charge in [0.25, 0.3) is 5.91 Å². The molecular weight excluding hydrogens is 209 g/mol. The van der Waals surface area contributed by atoms with Crippen LogP contribution in [0.25, 0.3) is 10.9 Å². The van der Waals surface area contributed by atoms with Crippen LogP contribution in [0.5, 0.6) is 0 Å². The number of hydrogen-bond donors (Lipinski definition) is 3. The Labute approximate surface area is 91.6 Å². The number of halogens is 1. The molecule has 0 unspecified atom stereocenters. The van der Waals surface area contributed by atoms with Crippen LogP contribution < -0.4 is 11.1 Å². The van der Waals surface area contributed by atoms with Gasteiger partial charge in [-0.2, -0.15) is 0 Å². The summed E-state index contributed by atoms with van der Waals surface area (Å²) in [6.07, 6.45) is 0. The predicted molar refractivity (Wildman–Crippen MR) is 59.6 cm³/mol.